The molecule has 0 aliphatic carbocycles. The Morgan fingerprint density at radius 3 is 2.52 bits per heavy atom. The van der Waals surface area contributed by atoms with E-state index in [1.54, 1.807) is 25.1 Å². The highest BCUT2D eigenvalue weighted by molar-refractivity contribution is 6.34. The summed E-state index contributed by atoms with van der Waals surface area (Å²) in [5, 5.41) is 14.7. The lowest BCUT2D eigenvalue weighted by Gasteiger charge is -2.16. The Morgan fingerprint density at radius 2 is 1.93 bits per heavy atom. The van der Waals surface area contributed by atoms with E-state index >= 15 is 0 Å². The van der Waals surface area contributed by atoms with E-state index in [1.807, 2.05) is 0 Å². The van der Waals surface area contributed by atoms with Gasteiger partial charge in [-0.15, -0.1) is 0 Å². The molecular weight excluding hydrogens is 398 g/mol. The monoisotopic (exact) mass is 419 g/mol. The summed E-state index contributed by atoms with van der Waals surface area (Å²) in [5.74, 6) is -1.55. The number of carbonyl (C=O) groups is 3. The van der Waals surface area contributed by atoms with Crippen LogP contribution in [-0.2, 0) is 16.1 Å². The maximum Gasteiger partial charge on any atom is 0.329 e. The fraction of sp³-hybridized carbons (Fsp3) is 0.250. The number of phenols is 1. The zero-order valence-corrected chi connectivity index (χ0v) is 16.7. The molecule has 2 aromatic carbocycles. The Kier molecular flexibility index (Phi) is 7.58. The minimum absolute atomic E-state index is 0.0608. The van der Waals surface area contributed by atoms with Crippen LogP contribution in [-0.4, -0.2) is 42.6 Å². The van der Waals surface area contributed by atoms with E-state index in [0.717, 1.165) is 5.56 Å². The van der Waals surface area contributed by atoms with E-state index in [-0.39, 0.29) is 40.9 Å². The Morgan fingerprint density at radius 1 is 1.21 bits per heavy atom. The predicted octanol–water partition coefficient (Wildman–Crippen LogP) is 1.51. The number of benzene rings is 2. The van der Waals surface area contributed by atoms with Crippen LogP contribution in [0.3, 0.4) is 0 Å². The van der Waals surface area contributed by atoms with E-state index in [2.05, 4.69) is 15.4 Å². The highest BCUT2D eigenvalue weighted by atomic mass is 35.5. The molecule has 29 heavy (non-hydrogen) atoms. The second-order valence-corrected chi connectivity index (χ2v) is 6.69. The quantitative estimate of drug-likeness (QED) is 0.503. The van der Waals surface area contributed by atoms with Gasteiger partial charge in [-0.05, 0) is 42.3 Å². The van der Waals surface area contributed by atoms with Crippen molar-refractivity contribution in [3.05, 3.63) is 63.7 Å². The zero-order chi connectivity index (χ0) is 21.6. The summed E-state index contributed by atoms with van der Waals surface area (Å²) in [7, 11) is 1.19. The number of methoxy groups -OCH3 is 1. The van der Waals surface area contributed by atoms with Crippen molar-refractivity contribution in [2.24, 2.45) is 5.73 Å². The predicted molar refractivity (Wildman–Crippen MR) is 108 cm³/mol. The van der Waals surface area contributed by atoms with Gasteiger partial charge in [-0.1, -0.05) is 23.7 Å². The molecule has 0 aromatic heterocycles. The number of amides is 2. The van der Waals surface area contributed by atoms with Gasteiger partial charge in [-0.3, -0.25) is 9.59 Å². The van der Waals surface area contributed by atoms with Gasteiger partial charge in [0.1, 0.15) is 11.8 Å². The molecule has 0 aliphatic heterocycles. The minimum Gasteiger partial charge on any atom is -0.508 e. The number of hydrogen-bond donors (Lipinski definition) is 4. The number of rotatable bonds is 7. The molecule has 154 valence electrons. The number of halogens is 1. The average Bonchev–Trinajstić information content (AvgIpc) is 2.69. The van der Waals surface area contributed by atoms with Crippen molar-refractivity contribution in [3.63, 3.8) is 0 Å². The van der Waals surface area contributed by atoms with Gasteiger partial charge in [0.25, 0.3) is 11.8 Å². The first-order valence-corrected chi connectivity index (χ1v) is 9.09. The summed E-state index contributed by atoms with van der Waals surface area (Å²) in [4.78, 5) is 36.6. The van der Waals surface area contributed by atoms with Crippen LogP contribution >= 0.6 is 11.6 Å². The number of nitrogens with two attached hydrogens (primary N) is 1. The van der Waals surface area contributed by atoms with Crippen molar-refractivity contribution >= 4 is 29.4 Å². The molecule has 0 radical (unpaired) electrons. The maximum atomic E-state index is 12.5. The Hall–Kier alpha value is -3.10. The number of hydrogen-bond acceptors (Lipinski definition) is 6. The van der Waals surface area contributed by atoms with E-state index in [0.29, 0.717) is 5.56 Å². The highest BCUT2D eigenvalue weighted by Crippen LogP contribution is 2.23. The van der Waals surface area contributed by atoms with Gasteiger partial charge in [0.15, 0.2) is 0 Å². The minimum atomic E-state index is -1.01. The van der Waals surface area contributed by atoms with Gasteiger partial charge in [0.05, 0.1) is 17.7 Å². The summed E-state index contributed by atoms with van der Waals surface area (Å²) in [5.41, 5.74) is 7.08. The van der Waals surface area contributed by atoms with Gasteiger partial charge < -0.3 is 26.2 Å². The molecule has 0 bridgehead atoms. The van der Waals surface area contributed by atoms with Crippen molar-refractivity contribution in [2.75, 3.05) is 13.7 Å². The lowest BCUT2D eigenvalue weighted by molar-refractivity contribution is -0.142. The van der Waals surface area contributed by atoms with E-state index < -0.39 is 17.9 Å². The van der Waals surface area contributed by atoms with Gasteiger partial charge in [0, 0.05) is 18.7 Å². The van der Waals surface area contributed by atoms with Crippen LogP contribution in [0.5, 0.6) is 5.75 Å². The molecule has 0 aliphatic rings. The SMILES string of the molecule is COC(=O)[C@H](CN)NC(=O)c1c(C)cc(C(=O)NCc2cccc(O)c2)cc1Cl. The lowest BCUT2D eigenvalue weighted by atomic mass is 10.0. The maximum absolute atomic E-state index is 12.5. The topological polar surface area (TPSA) is 131 Å². The summed E-state index contributed by atoms with van der Waals surface area (Å²) < 4.78 is 4.59. The average molecular weight is 420 g/mol. The van der Waals surface area contributed by atoms with E-state index in [1.165, 1.54) is 25.3 Å². The number of aromatic hydroxyl groups is 1. The molecule has 8 nitrogen and oxygen atoms in total. The number of esters is 1. The van der Waals surface area contributed by atoms with Crippen LogP contribution in [0.15, 0.2) is 36.4 Å². The fourth-order valence-corrected chi connectivity index (χ4v) is 3.05. The van der Waals surface area contributed by atoms with Crippen molar-refractivity contribution in [2.45, 2.75) is 19.5 Å². The van der Waals surface area contributed by atoms with Crippen molar-refractivity contribution in [3.8, 4) is 5.75 Å². The molecular formula is C20H22ClN3O5. The highest BCUT2D eigenvalue weighted by Gasteiger charge is 2.23. The molecule has 0 heterocycles. The van der Waals surface area contributed by atoms with Crippen LogP contribution in [0.4, 0.5) is 0 Å². The second kappa shape index (κ2) is 9.90. The van der Waals surface area contributed by atoms with Crippen LogP contribution in [0.2, 0.25) is 5.02 Å². The second-order valence-electron chi connectivity index (χ2n) is 6.29. The third kappa shape index (κ3) is 5.69. The summed E-state index contributed by atoms with van der Waals surface area (Å²) >= 11 is 6.23. The number of ether oxygens (including phenoxy) is 1. The van der Waals surface area contributed by atoms with E-state index in [9.17, 15) is 19.5 Å². The van der Waals surface area contributed by atoms with Gasteiger partial charge in [0.2, 0.25) is 0 Å². The fourth-order valence-electron chi connectivity index (χ4n) is 2.70. The third-order valence-electron chi connectivity index (χ3n) is 4.17. The molecule has 0 unspecified atom stereocenters. The molecule has 9 heteroatoms. The van der Waals surface area contributed by atoms with Crippen LogP contribution in [0.25, 0.3) is 0 Å². The molecule has 2 rings (SSSR count). The zero-order valence-electron chi connectivity index (χ0n) is 16.0. The lowest BCUT2D eigenvalue weighted by Crippen LogP contribution is -2.46. The van der Waals surface area contributed by atoms with E-state index in [4.69, 9.17) is 17.3 Å². The molecule has 1 atom stereocenters. The smallest absolute Gasteiger partial charge is 0.329 e. The van der Waals surface area contributed by atoms with Gasteiger partial charge in [-0.2, -0.15) is 0 Å². The van der Waals surface area contributed by atoms with Gasteiger partial charge in [-0.25, -0.2) is 4.79 Å². The Labute approximate surface area is 173 Å². The molecule has 0 fully saturated rings. The van der Waals surface area contributed by atoms with Crippen LogP contribution < -0.4 is 16.4 Å². The molecule has 0 spiro atoms. The van der Waals surface area contributed by atoms with Crippen LogP contribution in [0, 0.1) is 6.92 Å². The summed E-state index contributed by atoms with van der Waals surface area (Å²) in [6.07, 6.45) is 0. The number of carbonyl (C=O) groups excluding carboxylic acids is 3. The molecule has 5 N–H and O–H groups in total. The largest absolute Gasteiger partial charge is 0.508 e. The molecule has 0 saturated carbocycles. The van der Waals surface area contributed by atoms with Gasteiger partial charge >= 0.3 is 5.97 Å². The number of phenolic OH excluding ortho intramolecular Hbond substituents is 1. The number of aryl methyl sites for hydroxylation is 1. The van der Waals surface area contributed by atoms with Crippen molar-refractivity contribution in [1.82, 2.24) is 10.6 Å². The van der Waals surface area contributed by atoms with Crippen molar-refractivity contribution < 1.29 is 24.2 Å². The Balaban J connectivity index is 2.14. The number of nitrogens with one attached hydrogen (secondary N) is 2. The first-order valence-electron chi connectivity index (χ1n) is 8.71. The third-order valence-corrected chi connectivity index (χ3v) is 4.47. The van der Waals surface area contributed by atoms with Crippen LogP contribution in [0.1, 0.15) is 31.8 Å². The summed E-state index contributed by atoms with van der Waals surface area (Å²) in [6, 6.07) is 8.41. The van der Waals surface area contributed by atoms with Crippen molar-refractivity contribution in [1.29, 1.82) is 0 Å². The summed E-state index contributed by atoms with van der Waals surface area (Å²) in [6.45, 7) is 1.70. The first kappa shape index (κ1) is 22.2. The molecule has 2 aromatic rings. The molecule has 2 amide bonds. The first-order chi connectivity index (χ1) is 13.8. The standard InChI is InChI=1S/C20H22ClN3O5/c1-11-6-13(18(26)23-10-12-4-3-5-14(25)7-12)8-15(21)17(11)19(27)24-16(9-22)20(28)29-2/h3-8,16,25H,9-10,22H2,1-2H3,(H,23,26)(H,24,27)/t16-/m0/s1. The normalized spacial score (nSPS) is 11.4. The Bertz CT molecular complexity index is 909. The molecule has 0 saturated heterocycles.